The van der Waals surface area contributed by atoms with Crippen LogP contribution in [0.5, 0.6) is 0 Å². The molecular formula is C8H17N3. The molecule has 1 N–H and O–H groups in total. The highest BCUT2D eigenvalue weighted by Crippen LogP contribution is 1.90. The molecule has 0 aromatic heterocycles. The van der Waals surface area contributed by atoms with Crippen LogP contribution in [0.2, 0.25) is 0 Å². The van der Waals surface area contributed by atoms with Gasteiger partial charge in [0.1, 0.15) is 0 Å². The van der Waals surface area contributed by atoms with Crippen molar-refractivity contribution in [1.29, 1.82) is 0 Å². The number of rotatable bonds is 4. The summed E-state index contributed by atoms with van der Waals surface area (Å²) in [6.45, 7) is 7.60. The second-order valence-corrected chi connectivity index (χ2v) is 2.61. The summed E-state index contributed by atoms with van der Waals surface area (Å²) >= 11 is 0. The van der Waals surface area contributed by atoms with E-state index >= 15 is 0 Å². The van der Waals surface area contributed by atoms with Gasteiger partial charge in [0.2, 0.25) is 0 Å². The lowest BCUT2D eigenvalue weighted by atomic mass is 10.5. The smallest absolute Gasteiger partial charge is 0.0917 e. The fourth-order valence-electron chi connectivity index (χ4n) is 0.493. The Morgan fingerprint density at radius 1 is 1.73 bits per heavy atom. The first-order valence-electron chi connectivity index (χ1n) is 3.66. The van der Waals surface area contributed by atoms with Gasteiger partial charge in [-0.05, 0) is 20.9 Å². The third-order valence-corrected chi connectivity index (χ3v) is 1.49. The zero-order valence-corrected chi connectivity index (χ0v) is 7.76. The maximum Gasteiger partial charge on any atom is 0.0917 e. The summed E-state index contributed by atoms with van der Waals surface area (Å²) in [5.74, 6) is 0. The Kier molecular flexibility index (Phi) is 4.54. The van der Waals surface area contributed by atoms with Crippen LogP contribution in [0, 0.1) is 0 Å². The molecule has 0 aliphatic rings. The zero-order chi connectivity index (χ0) is 8.85. The lowest BCUT2D eigenvalue weighted by Crippen LogP contribution is -2.38. The highest BCUT2D eigenvalue weighted by atomic mass is 15.2. The van der Waals surface area contributed by atoms with Crippen molar-refractivity contribution in [3.63, 3.8) is 0 Å². The number of nitrogens with one attached hydrogen (secondary N) is 1. The van der Waals surface area contributed by atoms with Crippen LogP contribution in [-0.4, -0.2) is 31.5 Å². The molecule has 0 saturated heterocycles. The van der Waals surface area contributed by atoms with E-state index in [4.69, 9.17) is 0 Å². The highest BCUT2D eigenvalue weighted by Gasteiger charge is 1.99. The normalized spacial score (nSPS) is 13.5. The van der Waals surface area contributed by atoms with Crippen molar-refractivity contribution in [2.75, 3.05) is 14.1 Å². The maximum atomic E-state index is 4.06. The van der Waals surface area contributed by atoms with Gasteiger partial charge in [-0.25, -0.2) is 4.99 Å². The Hall–Kier alpha value is -0.830. The van der Waals surface area contributed by atoms with E-state index in [9.17, 15) is 0 Å². The Balaban J connectivity index is 3.85. The van der Waals surface area contributed by atoms with E-state index in [0.717, 1.165) is 5.70 Å². The van der Waals surface area contributed by atoms with Gasteiger partial charge in [0.05, 0.1) is 12.5 Å². The van der Waals surface area contributed by atoms with E-state index in [0.29, 0.717) is 6.17 Å². The van der Waals surface area contributed by atoms with Crippen molar-refractivity contribution < 1.29 is 0 Å². The Labute approximate surface area is 68.8 Å². The van der Waals surface area contributed by atoms with E-state index < -0.39 is 0 Å². The molecule has 3 heteroatoms. The SMILES string of the molecule is C=C(C)/N=C\N(C)C(C)NC. The first-order valence-corrected chi connectivity index (χ1v) is 3.66. The third-order valence-electron chi connectivity index (χ3n) is 1.49. The molecular weight excluding hydrogens is 138 g/mol. The second kappa shape index (κ2) is 4.91. The topological polar surface area (TPSA) is 27.6 Å². The van der Waals surface area contributed by atoms with Gasteiger partial charge < -0.3 is 10.2 Å². The van der Waals surface area contributed by atoms with E-state index in [2.05, 4.69) is 23.8 Å². The number of aliphatic imine (C=N–C) groups is 1. The standard InChI is InChI=1S/C8H17N3/c1-7(2)10-6-11(5)8(3)9-4/h6,8-9H,1H2,2-5H3/b10-6-. The Bertz CT molecular complexity index is 151. The maximum absolute atomic E-state index is 4.06. The van der Waals surface area contributed by atoms with Crippen molar-refractivity contribution in [1.82, 2.24) is 10.2 Å². The molecule has 0 heterocycles. The van der Waals surface area contributed by atoms with Gasteiger partial charge in [0, 0.05) is 12.7 Å². The third kappa shape index (κ3) is 4.56. The monoisotopic (exact) mass is 155 g/mol. The van der Waals surface area contributed by atoms with Gasteiger partial charge in [-0.2, -0.15) is 0 Å². The fourth-order valence-corrected chi connectivity index (χ4v) is 0.493. The molecule has 0 aromatic carbocycles. The van der Waals surface area contributed by atoms with Crippen molar-refractivity contribution >= 4 is 6.34 Å². The molecule has 0 bridgehead atoms. The summed E-state index contributed by atoms with van der Waals surface area (Å²) in [4.78, 5) is 6.04. The molecule has 0 aliphatic carbocycles. The zero-order valence-electron chi connectivity index (χ0n) is 7.76. The molecule has 0 aromatic rings. The number of nitrogens with zero attached hydrogens (tertiary/aromatic N) is 2. The minimum absolute atomic E-state index is 0.304. The Morgan fingerprint density at radius 2 is 2.27 bits per heavy atom. The van der Waals surface area contributed by atoms with Crippen LogP contribution in [0.15, 0.2) is 17.3 Å². The lowest BCUT2D eigenvalue weighted by molar-refractivity contribution is 0.357. The van der Waals surface area contributed by atoms with Crippen LogP contribution in [-0.2, 0) is 0 Å². The summed E-state index contributed by atoms with van der Waals surface area (Å²) in [5.41, 5.74) is 0.820. The minimum atomic E-state index is 0.304. The second-order valence-electron chi connectivity index (χ2n) is 2.61. The first kappa shape index (κ1) is 10.2. The van der Waals surface area contributed by atoms with E-state index in [1.165, 1.54) is 0 Å². The average Bonchev–Trinajstić information content (AvgIpc) is 1.98. The Morgan fingerprint density at radius 3 is 2.64 bits per heavy atom. The molecule has 1 atom stereocenters. The summed E-state index contributed by atoms with van der Waals surface area (Å²) in [7, 11) is 3.88. The van der Waals surface area contributed by atoms with Crippen LogP contribution in [0.3, 0.4) is 0 Å². The predicted molar refractivity (Wildman–Crippen MR) is 49.6 cm³/mol. The summed E-state index contributed by atoms with van der Waals surface area (Å²) in [6, 6.07) is 0. The highest BCUT2D eigenvalue weighted by molar-refractivity contribution is 5.56. The van der Waals surface area contributed by atoms with E-state index in [1.54, 1.807) is 6.34 Å². The van der Waals surface area contributed by atoms with E-state index in [-0.39, 0.29) is 0 Å². The molecule has 0 rings (SSSR count). The molecule has 0 aliphatic heterocycles. The molecule has 0 amide bonds. The van der Waals surface area contributed by atoms with Gasteiger partial charge in [-0.15, -0.1) is 0 Å². The first-order chi connectivity index (χ1) is 5.07. The molecule has 0 spiro atoms. The summed E-state index contributed by atoms with van der Waals surface area (Å²) in [6.07, 6.45) is 2.07. The van der Waals surface area contributed by atoms with Gasteiger partial charge in [0.25, 0.3) is 0 Å². The molecule has 0 saturated carbocycles. The van der Waals surface area contributed by atoms with Gasteiger partial charge in [-0.1, -0.05) is 6.58 Å². The van der Waals surface area contributed by atoms with Crippen molar-refractivity contribution in [2.45, 2.75) is 20.0 Å². The number of hydrogen-bond acceptors (Lipinski definition) is 2. The van der Waals surface area contributed by atoms with Crippen LogP contribution in [0.4, 0.5) is 0 Å². The van der Waals surface area contributed by atoms with Crippen LogP contribution < -0.4 is 5.32 Å². The summed E-state index contributed by atoms with van der Waals surface area (Å²) < 4.78 is 0. The van der Waals surface area contributed by atoms with E-state index in [1.807, 2.05) is 25.9 Å². The predicted octanol–water partition coefficient (Wildman–Crippen LogP) is 1.05. The molecule has 64 valence electrons. The lowest BCUT2D eigenvalue weighted by Gasteiger charge is -2.20. The van der Waals surface area contributed by atoms with Crippen LogP contribution in [0.25, 0.3) is 0 Å². The van der Waals surface area contributed by atoms with Crippen molar-refractivity contribution in [3.8, 4) is 0 Å². The quantitative estimate of drug-likeness (QED) is 0.373. The van der Waals surface area contributed by atoms with Crippen molar-refractivity contribution in [3.05, 3.63) is 12.3 Å². The molecule has 0 radical (unpaired) electrons. The number of hydrogen-bond donors (Lipinski definition) is 1. The van der Waals surface area contributed by atoms with Crippen LogP contribution >= 0.6 is 0 Å². The number of allylic oxidation sites excluding steroid dienone is 1. The average molecular weight is 155 g/mol. The fraction of sp³-hybridized carbons (Fsp3) is 0.625. The van der Waals surface area contributed by atoms with Gasteiger partial charge in [0.15, 0.2) is 0 Å². The molecule has 11 heavy (non-hydrogen) atoms. The van der Waals surface area contributed by atoms with Gasteiger partial charge >= 0.3 is 0 Å². The van der Waals surface area contributed by atoms with Gasteiger partial charge in [-0.3, -0.25) is 0 Å². The molecule has 3 nitrogen and oxygen atoms in total. The van der Waals surface area contributed by atoms with Crippen LogP contribution in [0.1, 0.15) is 13.8 Å². The molecule has 0 fully saturated rings. The largest absolute Gasteiger partial charge is 0.350 e. The molecule has 1 unspecified atom stereocenters. The van der Waals surface area contributed by atoms with Crippen molar-refractivity contribution in [2.24, 2.45) is 4.99 Å². The summed E-state index contributed by atoms with van der Waals surface area (Å²) in [5, 5.41) is 3.09. The minimum Gasteiger partial charge on any atom is -0.350 e.